The summed E-state index contributed by atoms with van der Waals surface area (Å²) >= 11 is 0. The largest absolute Gasteiger partial charge is 0.492 e. The van der Waals surface area contributed by atoms with E-state index in [1.54, 1.807) is 0 Å². The Morgan fingerprint density at radius 3 is 2.92 bits per heavy atom. The minimum atomic E-state index is 0.404. The Balaban J connectivity index is 1.43. The molecule has 0 saturated carbocycles. The molecule has 0 spiro atoms. The Labute approximate surface area is 143 Å². The van der Waals surface area contributed by atoms with Crippen LogP contribution in [0.25, 0.3) is 10.9 Å². The van der Waals surface area contributed by atoms with Gasteiger partial charge in [-0.3, -0.25) is 0 Å². The fourth-order valence-electron chi connectivity index (χ4n) is 3.70. The number of rotatable bonds is 5. The minimum absolute atomic E-state index is 0.404. The van der Waals surface area contributed by atoms with Crippen LogP contribution in [0.4, 0.5) is 0 Å². The van der Waals surface area contributed by atoms with E-state index in [9.17, 15) is 0 Å². The summed E-state index contributed by atoms with van der Waals surface area (Å²) in [6.07, 6.45) is 3.60. The third-order valence-electron chi connectivity index (χ3n) is 4.87. The Bertz CT molecular complexity index is 822. The van der Waals surface area contributed by atoms with Gasteiger partial charge in [0.25, 0.3) is 0 Å². The maximum Gasteiger partial charge on any atom is 0.119 e. The quantitative estimate of drug-likeness (QED) is 0.678. The molecule has 1 aromatic heterocycles. The molecule has 3 heteroatoms. The number of para-hydroxylation sites is 1. The summed E-state index contributed by atoms with van der Waals surface area (Å²) in [6.45, 7) is 3.71. The van der Waals surface area contributed by atoms with Crippen molar-refractivity contribution in [3.63, 3.8) is 0 Å². The zero-order valence-electron chi connectivity index (χ0n) is 14.1. The SMILES string of the molecule is Cc1ccc2[nH]c3c(c2c1)CCCC3NCCOc1ccccc1. The number of H-pyrrole nitrogens is 1. The van der Waals surface area contributed by atoms with E-state index < -0.39 is 0 Å². The van der Waals surface area contributed by atoms with Crippen LogP contribution in [0.3, 0.4) is 0 Å². The first-order valence-electron chi connectivity index (χ1n) is 8.83. The molecule has 2 aromatic carbocycles. The van der Waals surface area contributed by atoms with Crippen molar-refractivity contribution in [2.45, 2.75) is 32.2 Å². The first-order valence-corrected chi connectivity index (χ1v) is 8.83. The average Bonchev–Trinajstić information content (AvgIpc) is 2.98. The van der Waals surface area contributed by atoms with Gasteiger partial charge in [0.05, 0.1) is 0 Å². The molecule has 1 aliphatic rings. The summed E-state index contributed by atoms with van der Waals surface area (Å²) in [5.41, 5.74) is 5.47. The van der Waals surface area contributed by atoms with Gasteiger partial charge in [-0.15, -0.1) is 0 Å². The van der Waals surface area contributed by atoms with Gasteiger partial charge in [-0.2, -0.15) is 0 Å². The Morgan fingerprint density at radius 1 is 1.17 bits per heavy atom. The van der Waals surface area contributed by atoms with Crippen LogP contribution >= 0.6 is 0 Å². The highest BCUT2D eigenvalue weighted by Gasteiger charge is 2.23. The van der Waals surface area contributed by atoms with Gasteiger partial charge in [-0.1, -0.05) is 29.8 Å². The van der Waals surface area contributed by atoms with Gasteiger partial charge in [0, 0.05) is 29.2 Å². The van der Waals surface area contributed by atoms with Gasteiger partial charge in [0.15, 0.2) is 0 Å². The summed E-state index contributed by atoms with van der Waals surface area (Å²) in [5, 5.41) is 5.07. The topological polar surface area (TPSA) is 37.0 Å². The number of benzene rings is 2. The van der Waals surface area contributed by atoms with Crippen LogP contribution in [-0.2, 0) is 6.42 Å². The number of ether oxygens (including phenoxy) is 1. The molecule has 0 saturated heterocycles. The van der Waals surface area contributed by atoms with Crippen LogP contribution in [0.5, 0.6) is 5.75 Å². The van der Waals surface area contributed by atoms with E-state index in [1.165, 1.54) is 47.0 Å². The maximum atomic E-state index is 5.79. The van der Waals surface area contributed by atoms with E-state index in [4.69, 9.17) is 4.74 Å². The summed E-state index contributed by atoms with van der Waals surface area (Å²) in [4.78, 5) is 3.65. The number of aromatic nitrogens is 1. The lowest BCUT2D eigenvalue weighted by Crippen LogP contribution is -2.29. The van der Waals surface area contributed by atoms with Gasteiger partial charge in [-0.05, 0) is 56.0 Å². The molecule has 0 aliphatic heterocycles. The molecule has 3 aromatic rings. The first-order chi connectivity index (χ1) is 11.8. The molecular weight excluding hydrogens is 296 g/mol. The molecule has 0 radical (unpaired) electrons. The van der Waals surface area contributed by atoms with Crippen LogP contribution in [0.1, 0.15) is 35.7 Å². The van der Waals surface area contributed by atoms with Gasteiger partial charge >= 0.3 is 0 Å². The molecule has 1 heterocycles. The van der Waals surface area contributed by atoms with Crippen molar-refractivity contribution in [1.29, 1.82) is 0 Å². The highest BCUT2D eigenvalue weighted by molar-refractivity contribution is 5.85. The predicted octanol–water partition coefficient (Wildman–Crippen LogP) is 4.52. The Morgan fingerprint density at radius 2 is 2.04 bits per heavy atom. The third kappa shape index (κ3) is 3.04. The fourth-order valence-corrected chi connectivity index (χ4v) is 3.70. The van der Waals surface area contributed by atoms with Crippen molar-refractivity contribution >= 4 is 10.9 Å². The van der Waals surface area contributed by atoms with Crippen LogP contribution in [0.2, 0.25) is 0 Å². The number of aromatic amines is 1. The van der Waals surface area contributed by atoms with Crippen molar-refractivity contribution in [2.24, 2.45) is 0 Å². The maximum absolute atomic E-state index is 5.79. The number of hydrogen-bond acceptors (Lipinski definition) is 2. The second-order valence-electron chi connectivity index (χ2n) is 6.63. The highest BCUT2D eigenvalue weighted by Crippen LogP contribution is 2.34. The third-order valence-corrected chi connectivity index (χ3v) is 4.87. The molecule has 0 fully saturated rings. The van der Waals surface area contributed by atoms with Crippen molar-refractivity contribution in [3.8, 4) is 5.75 Å². The predicted molar refractivity (Wildman–Crippen MR) is 98.7 cm³/mol. The smallest absolute Gasteiger partial charge is 0.119 e. The average molecular weight is 320 g/mol. The molecule has 0 amide bonds. The summed E-state index contributed by atoms with van der Waals surface area (Å²) in [7, 11) is 0. The van der Waals surface area contributed by atoms with E-state index in [1.807, 2.05) is 30.3 Å². The monoisotopic (exact) mass is 320 g/mol. The van der Waals surface area contributed by atoms with Gasteiger partial charge in [-0.25, -0.2) is 0 Å². The van der Waals surface area contributed by atoms with Gasteiger partial charge in [0.2, 0.25) is 0 Å². The summed E-state index contributed by atoms with van der Waals surface area (Å²) < 4.78 is 5.79. The lowest BCUT2D eigenvalue weighted by Gasteiger charge is -2.24. The molecule has 1 unspecified atom stereocenters. The second kappa shape index (κ2) is 6.70. The molecular formula is C21H24N2O. The zero-order valence-corrected chi connectivity index (χ0v) is 14.1. The van der Waals surface area contributed by atoms with Crippen LogP contribution in [0, 0.1) is 6.92 Å². The zero-order chi connectivity index (χ0) is 16.4. The highest BCUT2D eigenvalue weighted by atomic mass is 16.5. The minimum Gasteiger partial charge on any atom is -0.492 e. The van der Waals surface area contributed by atoms with Gasteiger partial charge < -0.3 is 15.0 Å². The second-order valence-corrected chi connectivity index (χ2v) is 6.63. The number of fused-ring (bicyclic) bond motifs is 3. The molecule has 3 nitrogen and oxygen atoms in total. The van der Waals surface area contributed by atoms with Crippen molar-refractivity contribution in [2.75, 3.05) is 13.2 Å². The lowest BCUT2D eigenvalue weighted by atomic mass is 9.91. The number of aryl methyl sites for hydroxylation is 2. The number of nitrogens with one attached hydrogen (secondary N) is 2. The molecule has 4 rings (SSSR count). The molecule has 24 heavy (non-hydrogen) atoms. The van der Waals surface area contributed by atoms with Crippen LogP contribution < -0.4 is 10.1 Å². The molecule has 1 aliphatic carbocycles. The van der Waals surface area contributed by atoms with Crippen LogP contribution in [0.15, 0.2) is 48.5 Å². The standard InChI is InChI=1S/C21H24N2O/c1-15-10-11-19-18(14-15)17-8-5-9-20(21(17)23-19)22-12-13-24-16-6-3-2-4-7-16/h2-4,6-7,10-11,14,20,22-23H,5,8-9,12-13H2,1H3. The molecule has 0 bridgehead atoms. The molecule has 1 atom stereocenters. The summed E-state index contributed by atoms with van der Waals surface area (Å²) in [6, 6.07) is 17.1. The van der Waals surface area contributed by atoms with Crippen molar-refractivity contribution < 1.29 is 4.74 Å². The Hall–Kier alpha value is -2.26. The molecule has 124 valence electrons. The lowest BCUT2D eigenvalue weighted by molar-refractivity contribution is 0.300. The number of hydrogen-bond donors (Lipinski definition) is 2. The van der Waals surface area contributed by atoms with Crippen LogP contribution in [-0.4, -0.2) is 18.1 Å². The van der Waals surface area contributed by atoms with Gasteiger partial charge in [0.1, 0.15) is 12.4 Å². The summed E-state index contributed by atoms with van der Waals surface area (Å²) in [5.74, 6) is 0.935. The van der Waals surface area contributed by atoms with E-state index in [0.717, 1.165) is 12.3 Å². The Kier molecular flexibility index (Phi) is 4.26. The van der Waals surface area contributed by atoms with E-state index in [2.05, 4.69) is 35.4 Å². The molecule has 2 N–H and O–H groups in total. The van der Waals surface area contributed by atoms with E-state index >= 15 is 0 Å². The fraction of sp³-hybridized carbons (Fsp3) is 0.333. The first kappa shape index (κ1) is 15.3. The van der Waals surface area contributed by atoms with E-state index in [0.29, 0.717) is 12.6 Å². The van der Waals surface area contributed by atoms with Crippen molar-refractivity contribution in [3.05, 3.63) is 65.4 Å². The van der Waals surface area contributed by atoms with Crippen molar-refractivity contribution in [1.82, 2.24) is 10.3 Å². The normalized spacial score (nSPS) is 17.0. The van der Waals surface area contributed by atoms with E-state index in [-0.39, 0.29) is 0 Å².